The van der Waals surface area contributed by atoms with Crippen molar-refractivity contribution >= 4 is 49.5 Å². The van der Waals surface area contributed by atoms with Crippen molar-refractivity contribution < 1.29 is 13.2 Å². The van der Waals surface area contributed by atoms with Crippen LogP contribution in [0.15, 0.2) is 51.7 Å². The standard InChI is InChI=1S/C18H19N3O3S2.ClH/c1-24-13-3-2-4-14(11-13)26(22,23)17-12-15-16(25-17)5-6-20-18(15)21-9-7-19-8-10-21;/h2-6,11-12,19H,7-10H2,1H3;1H. The molecule has 9 heteroatoms. The normalized spacial score (nSPS) is 14.8. The minimum absolute atomic E-state index is 0. The van der Waals surface area contributed by atoms with Crippen molar-refractivity contribution in [1.29, 1.82) is 0 Å². The Morgan fingerprint density at radius 2 is 1.96 bits per heavy atom. The smallest absolute Gasteiger partial charge is 0.216 e. The van der Waals surface area contributed by atoms with E-state index in [0.29, 0.717) is 9.96 Å². The summed E-state index contributed by atoms with van der Waals surface area (Å²) in [7, 11) is -2.08. The molecule has 1 N–H and O–H groups in total. The monoisotopic (exact) mass is 425 g/mol. The summed E-state index contributed by atoms with van der Waals surface area (Å²) < 4.78 is 32.5. The summed E-state index contributed by atoms with van der Waals surface area (Å²) >= 11 is 1.28. The molecular formula is C18H20ClN3O3S2. The third-order valence-corrected chi connectivity index (χ3v) is 7.76. The minimum Gasteiger partial charge on any atom is -0.497 e. The molecule has 4 rings (SSSR count). The average molecular weight is 426 g/mol. The first-order chi connectivity index (χ1) is 12.6. The van der Waals surface area contributed by atoms with Crippen molar-refractivity contribution in [2.24, 2.45) is 0 Å². The lowest BCUT2D eigenvalue weighted by Gasteiger charge is -2.28. The number of aromatic nitrogens is 1. The van der Waals surface area contributed by atoms with E-state index in [9.17, 15) is 8.42 Å². The van der Waals surface area contributed by atoms with Crippen molar-refractivity contribution in [2.45, 2.75) is 9.10 Å². The number of hydrogen-bond donors (Lipinski definition) is 1. The number of rotatable bonds is 4. The number of fused-ring (bicyclic) bond motifs is 1. The van der Waals surface area contributed by atoms with Gasteiger partial charge in [0.25, 0.3) is 0 Å². The Hall–Kier alpha value is -1.87. The van der Waals surface area contributed by atoms with Crippen molar-refractivity contribution in [3.8, 4) is 5.75 Å². The first-order valence-corrected chi connectivity index (χ1v) is 10.6. The first kappa shape index (κ1) is 19.9. The highest BCUT2D eigenvalue weighted by atomic mass is 35.5. The summed E-state index contributed by atoms with van der Waals surface area (Å²) in [5, 5.41) is 4.21. The van der Waals surface area contributed by atoms with Crippen LogP contribution in [0, 0.1) is 0 Å². The van der Waals surface area contributed by atoms with E-state index < -0.39 is 9.84 Å². The van der Waals surface area contributed by atoms with Gasteiger partial charge >= 0.3 is 0 Å². The van der Waals surface area contributed by atoms with Gasteiger partial charge in [0.2, 0.25) is 9.84 Å². The summed E-state index contributed by atoms with van der Waals surface area (Å²) in [6, 6.07) is 10.2. The van der Waals surface area contributed by atoms with Gasteiger partial charge in [0.05, 0.1) is 12.0 Å². The van der Waals surface area contributed by atoms with Gasteiger partial charge in [-0.25, -0.2) is 13.4 Å². The zero-order valence-electron chi connectivity index (χ0n) is 14.7. The largest absolute Gasteiger partial charge is 0.497 e. The maximum Gasteiger partial charge on any atom is 0.216 e. The minimum atomic E-state index is -3.60. The number of anilines is 1. The van der Waals surface area contributed by atoms with E-state index in [1.165, 1.54) is 18.4 Å². The molecule has 0 aliphatic carbocycles. The second-order valence-electron chi connectivity index (χ2n) is 6.03. The molecule has 0 amide bonds. The summed E-state index contributed by atoms with van der Waals surface area (Å²) in [5.74, 6) is 1.38. The highest BCUT2D eigenvalue weighted by Gasteiger charge is 2.23. The molecule has 0 atom stereocenters. The Morgan fingerprint density at radius 1 is 1.19 bits per heavy atom. The predicted molar refractivity (Wildman–Crippen MR) is 110 cm³/mol. The number of benzene rings is 1. The Balaban J connectivity index is 0.00000210. The summed E-state index contributed by atoms with van der Waals surface area (Å²) in [4.78, 5) is 6.95. The van der Waals surface area contributed by atoms with Crippen LogP contribution in [0.3, 0.4) is 0 Å². The molecule has 27 heavy (non-hydrogen) atoms. The SMILES string of the molecule is COc1cccc(S(=O)(=O)c2cc3c(N4CCNCC4)nccc3s2)c1.Cl. The molecule has 0 bridgehead atoms. The Kier molecular flexibility index (Phi) is 5.90. The number of halogens is 1. The van der Waals surface area contributed by atoms with Gasteiger partial charge in [-0.3, -0.25) is 0 Å². The summed E-state index contributed by atoms with van der Waals surface area (Å²) in [6.45, 7) is 3.52. The van der Waals surface area contributed by atoms with E-state index in [0.717, 1.165) is 42.1 Å². The number of pyridine rings is 1. The van der Waals surface area contributed by atoms with Gasteiger partial charge in [0.15, 0.2) is 0 Å². The molecule has 0 radical (unpaired) electrons. The maximum absolute atomic E-state index is 13.1. The van der Waals surface area contributed by atoms with E-state index in [-0.39, 0.29) is 17.3 Å². The highest BCUT2D eigenvalue weighted by Crippen LogP contribution is 2.37. The quantitative estimate of drug-likeness (QED) is 0.692. The lowest BCUT2D eigenvalue weighted by molar-refractivity contribution is 0.413. The number of thiophene rings is 1. The van der Waals surface area contributed by atoms with Crippen LogP contribution < -0.4 is 15.0 Å². The molecule has 2 aromatic heterocycles. The zero-order valence-corrected chi connectivity index (χ0v) is 17.2. The molecule has 1 fully saturated rings. The van der Waals surface area contributed by atoms with Crippen LogP contribution in [0.4, 0.5) is 5.82 Å². The highest BCUT2D eigenvalue weighted by molar-refractivity contribution is 7.93. The molecule has 0 saturated carbocycles. The first-order valence-electron chi connectivity index (χ1n) is 8.33. The van der Waals surface area contributed by atoms with Crippen LogP contribution in [0.25, 0.3) is 10.1 Å². The predicted octanol–water partition coefficient (Wildman–Crippen LogP) is 2.97. The second-order valence-corrected chi connectivity index (χ2v) is 9.29. The summed E-state index contributed by atoms with van der Waals surface area (Å²) in [6.07, 6.45) is 1.75. The lowest BCUT2D eigenvalue weighted by atomic mass is 10.2. The Bertz CT molecular complexity index is 1050. The van der Waals surface area contributed by atoms with Gasteiger partial charge in [0.1, 0.15) is 15.8 Å². The third kappa shape index (κ3) is 3.75. The number of sulfone groups is 1. The number of piperazine rings is 1. The van der Waals surface area contributed by atoms with Crippen molar-refractivity contribution in [1.82, 2.24) is 10.3 Å². The van der Waals surface area contributed by atoms with E-state index >= 15 is 0 Å². The molecule has 1 aliphatic rings. The van der Waals surface area contributed by atoms with Gasteiger partial charge in [-0.15, -0.1) is 23.7 Å². The van der Waals surface area contributed by atoms with Crippen LogP contribution in [0.5, 0.6) is 5.75 Å². The molecule has 1 saturated heterocycles. The fourth-order valence-corrected chi connectivity index (χ4v) is 5.88. The summed E-state index contributed by atoms with van der Waals surface area (Å²) in [5.41, 5.74) is 0. The molecule has 1 aliphatic heterocycles. The number of methoxy groups -OCH3 is 1. The number of nitrogens with zero attached hydrogens (tertiary/aromatic N) is 2. The fourth-order valence-electron chi connectivity index (χ4n) is 3.07. The molecule has 3 heterocycles. The molecule has 144 valence electrons. The topological polar surface area (TPSA) is 71.5 Å². The van der Waals surface area contributed by atoms with Crippen molar-refractivity contribution in [3.05, 3.63) is 42.6 Å². The van der Waals surface area contributed by atoms with E-state index in [2.05, 4.69) is 15.2 Å². The Morgan fingerprint density at radius 3 is 2.70 bits per heavy atom. The van der Waals surface area contributed by atoms with Crippen molar-refractivity contribution in [2.75, 3.05) is 38.2 Å². The average Bonchev–Trinajstić information content (AvgIpc) is 3.14. The number of nitrogens with one attached hydrogen (secondary N) is 1. The number of hydrogen-bond acceptors (Lipinski definition) is 7. The fraction of sp³-hybridized carbons (Fsp3) is 0.278. The van der Waals surface area contributed by atoms with E-state index in [1.807, 2.05) is 6.07 Å². The van der Waals surface area contributed by atoms with Crippen LogP contribution in [0.1, 0.15) is 0 Å². The maximum atomic E-state index is 13.1. The van der Waals surface area contributed by atoms with Gasteiger partial charge in [0, 0.05) is 42.5 Å². The molecule has 1 aromatic carbocycles. The zero-order chi connectivity index (χ0) is 18.1. The molecular weight excluding hydrogens is 406 g/mol. The van der Waals surface area contributed by atoms with Crippen LogP contribution in [-0.4, -0.2) is 46.7 Å². The van der Waals surface area contributed by atoms with Crippen LogP contribution in [0.2, 0.25) is 0 Å². The van der Waals surface area contributed by atoms with Gasteiger partial charge in [-0.05, 0) is 30.3 Å². The third-order valence-electron chi connectivity index (χ3n) is 4.43. The lowest BCUT2D eigenvalue weighted by Crippen LogP contribution is -2.43. The molecule has 6 nitrogen and oxygen atoms in total. The van der Waals surface area contributed by atoms with Crippen LogP contribution >= 0.6 is 23.7 Å². The Labute approximate surface area is 168 Å². The van der Waals surface area contributed by atoms with E-state index in [1.54, 1.807) is 36.5 Å². The van der Waals surface area contributed by atoms with Crippen molar-refractivity contribution in [3.63, 3.8) is 0 Å². The number of ether oxygens (including phenoxy) is 1. The molecule has 3 aromatic rings. The van der Waals surface area contributed by atoms with Gasteiger partial charge in [-0.1, -0.05) is 6.07 Å². The second kappa shape index (κ2) is 8.02. The molecule has 0 unspecified atom stereocenters. The van der Waals surface area contributed by atoms with E-state index in [4.69, 9.17) is 4.74 Å². The van der Waals surface area contributed by atoms with Gasteiger partial charge < -0.3 is 15.0 Å². The van der Waals surface area contributed by atoms with Crippen LogP contribution in [-0.2, 0) is 9.84 Å². The molecule has 0 spiro atoms. The van der Waals surface area contributed by atoms with Gasteiger partial charge in [-0.2, -0.15) is 0 Å².